The minimum Gasteiger partial charge on any atom is -0.497 e. The molecule has 9 heteroatoms. The summed E-state index contributed by atoms with van der Waals surface area (Å²) in [5.41, 5.74) is -0.944. The van der Waals surface area contributed by atoms with Gasteiger partial charge in [0.25, 0.3) is 0 Å². The van der Waals surface area contributed by atoms with Gasteiger partial charge in [0.05, 0.1) is 18.6 Å². The van der Waals surface area contributed by atoms with E-state index < -0.39 is 16.2 Å². The van der Waals surface area contributed by atoms with E-state index in [2.05, 4.69) is 4.98 Å². The third kappa shape index (κ3) is 3.81. The predicted octanol–water partition coefficient (Wildman–Crippen LogP) is 2.13. The molecule has 0 unspecified atom stereocenters. The van der Waals surface area contributed by atoms with Crippen molar-refractivity contribution < 1.29 is 14.4 Å². The molecule has 0 aliphatic rings. The normalized spacial score (nSPS) is 10.6. The van der Waals surface area contributed by atoms with Crippen LogP contribution in [0.15, 0.2) is 53.5 Å². The Morgan fingerprint density at radius 1 is 1.19 bits per heavy atom. The minimum absolute atomic E-state index is 0.00882. The molecule has 2 aromatic heterocycles. The molecule has 0 saturated carbocycles. The lowest BCUT2D eigenvalue weighted by Gasteiger charge is -2.18. The summed E-state index contributed by atoms with van der Waals surface area (Å²) in [6.07, 6.45) is 1.45. The first-order chi connectivity index (χ1) is 13.0. The maximum atomic E-state index is 12.5. The number of fused-ring (bicyclic) bond motifs is 1. The van der Waals surface area contributed by atoms with E-state index in [0.29, 0.717) is 17.9 Å². The molecule has 0 bridgehead atoms. The van der Waals surface area contributed by atoms with Crippen LogP contribution in [0.4, 0.5) is 11.5 Å². The van der Waals surface area contributed by atoms with E-state index in [1.165, 1.54) is 11.1 Å². The summed E-state index contributed by atoms with van der Waals surface area (Å²) in [5.74, 6) is 1.37. The van der Waals surface area contributed by atoms with Gasteiger partial charge in [-0.1, -0.05) is 6.07 Å². The first-order valence-corrected chi connectivity index (χ1v) is 8.15. The van der Waals surface area contributed by atoms with Gasteiger partial charge in [-0.05, 0) is 36.4 Å². The van der Waals surface area contributed by atoms with Crippen LogP contribution >= 0.6 is 0 Å². The standard InChI is InChI=1S/C18H18N4O5/c1-20(11-12-27-14-8-6-13(26-2)7-9-14)17-16(22(24)25)18(23)21-10-4-3-5-15(21)19-17/h3-10H,11-12H2,1-2H3. The zero-order chi connectivity index (χ0) is 19.4. The number of hydrogen-bond donors (Lipinski definition) is 0. The van der Waals surface area contributed by atoms with E-state index in [0.717, 1.165) is 10.2 Å². The van der Waals surface area contributed by atoms with Crippen molar-refractivity contribution in [2.24, 2.45) is 0 Å². The maximum Gasteiger partial charge on any atom is 0.376 e. The first kappa shape index (κ1) is 18.2. The number of hydrogen-bond acceptors (Lipinski definition) is 7. The summed E-state index contributed by atoms with van der Waals surface area (Å²) in [6, 6.07) is 12.0. The molecule has 3 aromatic rings. The van der Waals surface area contributed by atoms with E-state index in [1.807, 2.05) is 0 Å². The maximum absolute atomic E-state index is 12.5. The van der Waals surface area contributed by atoms with Crippen molar-refractivity contribution in [3.05, 3.63) is 69.1 Å². The Hall–Kier alpha value is -3.62. The predicted molar refractivity (Wildman–Crippen MR) is 99.9 cm³/mol. The van der Waals surface area contributed by atoms with E-state index in [9.17, 15) is 14.9 Å². The van der Waals surface area contributed by atoms with Gasteiger partial charge in [-0.3, -0.25) is 19.3 Å². The molecule has 0 N–H and O–H groups in total. The van der Waals surface area contributed by atoms with Crippen molar-refractivity contribution in [2.75, 3.05) is 32.2 Å². The van der Waals surface area contributed by atoms with Crippen LogP contribution in [0.2, 0.25) is 0 Å². The molecule has 9 nitrogen and oxygen atoms in total. The number of nitro groups is 1. The third-order valence-corrected chi connectivity index (χ3v) is 3.99. The molecule has 0 atom stereocenters. The number of pyridine rings is 1. The Labute approximate surface area is 154 Å². The number of likely N-dealkylation sites (N-methyl/N-ethyl adjacent to an activating group) is 1. The van der Waals surface area contributed by atoms with E-state index in [-0.39, 0.29) is 12.4 Å². The van der Waals surface area contributed by atoms with Crippen LogP contribution in [0, 0.1) is 10.1 Å². The average Bonchev–Trinajstić information content (AvgIpc) is 2.68. The average molecular weight is 370 g/mol. The number of ether oxygens (including phenoxy) is 2. The van der Waals surface area contributed by atoms with Gasteiger partial charge in [-0.25, -0.2) is 4.98 Å². The molecular weight excluding hydrogens is 352 g/mol. The lowest BCUT2D eigenvalue weighted by atomic mass is 10.3. The molecule has 0 aliphatic carbocycles. The van der Waals surface area contributed by atoms with Crippen LogP contribution < -0.4 is 19.9 Å². The minimum atomic E-state index is -0.719. The van der Waals surface area contributed by atoms with Gasteiger partial charge < -0.3 is 14.4 Å². The van der Waals surface area contributed by atoms with Crippen LogP contribution in [0.3, 0.4) is 0 Å². The lowest BCUT2D eigenvalue weighted by Crippen LogP contribution is -2.29. The Morgan fingerprint density at radius 3 is 2.56 bits per heavy atom. The van der Waals surface area contributed by atoms with Gasteiger partial charge in [-0.15, -0.1) is 0 Å². The van der Waals surface area contributed by atoms with Crippen molar-refractivity contribution in [1.29, 1.82) is 0 Å². The Morgan fingerprint density at radius 2 is 1.89 bits per heavy atom. The second kappa shape index (κ2) is 7.73. The van der Waals surface area contributed by atoms with E-state index >= 15 is 0 Å². The van der Waals surface area contributed by atoms with Gasteiger partial charge in [-0.2, -0.15) is 0 Å². The summed E-state index contributed by atoms with van der Waals surface area (Å²) in [6.45, 7) is 0.568. The van der Waals surface area contributed by atoms with E-state index in [4.69, 9.17) is 9.47 Å². The molecule has 0 amide bonds. The van der Waals surface area contributed by atoms with Crippen molar-refractivity contribution >= 4 is 17.2 Å². The molecule has 3 rings (SSSR count). The van der Waals surface area contributed by atoms with E-state index in [1.54, 1.807) is 56.6 Å². The summed E-state index contributed by atoms with van der Waals surface area (Å²) in [7, 11) is 3.21. The highest BCUT2D eigenvalue weighted by Gasteiger charge is 2.26. The first-order valence-electron chi connectivity index (χ1n) is 8.15. The SMILES string of the molecule is COc1ccc(OCCN(C)c2nc3ccccn3c(=O)c2[N+](=O)[O-])cc1. The summed E-state index contributed by atoms with van der Waals surface area (Å²) in [5, 5.41) is 11.4. The molecule has 140 valence electrons. The highest BCUT2D eigenvalue weighted by molar-refractivity contribution is 5.61. The molecule has 1 aromatic carbocycles. The highest BCUT2D eigenvalue weighted by Crippen LogP contribution is 2.22. The quantitative estimate of drug-likeness (QED) is 0.464. The number of anilines is 1. The van der Waals surface area contributed by atoms with Crippen LogP contribution in [0.1, 0.15) is 0 Å². The highest BCUT2D eigenvalue weighted by atomic mass is 16.6. The third-order valence-electron chi connectivity index (χ3n) is 3.99. The van der Waals surface area contributed by atoms with Crippen molar-refractivity contribution in [1.82, 2.24) is 9.38 Å². The number of methoxy groups -OCH3 is 1. The number of benzene rings is 1. The van der Waals surface area contributed by atoms with Crippen LogP contribution in [-0.4, -0.2) is 41.6 Å². The molecule has 27 heavy (non-hydrogen) atoms. The zero-order valence-corrected chi connectivity index (χ0v) is 14.9. The lowest BCUT2D eigenvalue weighted by molar-refractivity contribution is -0.385. The summed E-state index contributed by atoms with van der Waals surface area (Å²) >= 11 is 0. The summed E-state index contributed by atoms with van der Waals surface area (Å²) in [4.78, 5) is 29.0. The molecule has 0 radical (unpaired) electrons. The van der Waals surface area contributed by atoms with Gasteiger partial charge in [0.2, 0.25) is 5.82 Å². The van der Waals surface area contributed by atoms with Gasteiger partial charge >= 0.3 is 11.2 Å². The van der Waals surface area contributed by atoms with Gasteiger partial charge in [0, 0.05) is 13.2 Å². The monoisotopic (exact) mass is 370 g/mol. The van der Waals surface area contributed by atoms with Crippen molar-refractivity contribution in [3.63, 3.8) is 0 Å². The molecule has 0 fully saturated rings. The molecule has 0 spiro atoms. The van der Waals surface area contributed by atoms with Gasteiger partial charge in [0.15, 0.2) is 0 Å². The fourth-order valence-corrected chi connectivity index (χ4v) is 2.57. The largest absolute Gasteiger partial charge is 0.497 e. The number of rotatable bonds is 7. The van der Waals surface area contributed by atoms with Crippen molar-refractivity contribution in [3.8, 4) is 11.5 Å². The molecule has 2 heterocycles. The van der Waals surface area contributed by atoms with Crippen LogP contribution in [0.5, 0.6) is 11.5 Å². The summed E-state index contributed by atoms with van der Waals surface area (Å²) < 4.78 is 11.9. The van der Waals surface area contributed by atoms with Crippen molar-refractivity contribution in [2.45, 2.75) is 0 Å². The second-order valence-electron chi connectivity index (χ2n) is 5.72. The smallest absolute Gasteiger partial charge is 0.376 e. The fraction of sp³-hybridized carbons (Fsp3) is 0.222. The topological polar surface area (TPSA) is 99.2 Å². The second-order valence-corrected chi connectivity index (χ2v) is 5.72. The Kier molecular flexibility index (Phi) is 5.20. The molecule has 0 aliphatic heterocycles. The number of nitrogens with zero attached hydrogens (tertiary/aromatic N) is 4. The molecule has 0 saturated heterocycles. The Balaban J connectivity index is 1.80. The zero-order valence-electron chi connectivity index (χ0n) is 14.9. The number of aromatic nitrogens is 2. The Bertz CT molecular complexity index is 1020. The molecular formula is C18H18N4O5. The fourth-order valence-electron chi connectivity index (χ4n) is 2.57. The van der Waals surface area contributed by atoms with Crippen LogP contribution in [-0.2, 0) is 0 Å². The van der Waals surface area contributed by atoms with Gasteiger partial charge in [0.1, 0.15) is 23.8 Å². The van der Waals surface area contributed by atoms with Crippen LogP contribution in [0.25, 0.3) is 5.65 Å².